The van der Waals surface area contributed by atoms with Crippen molar-refractivity contribution < 1.29 is 4.79 Å². The topological polar surface area (TPSA) is 70.1 Å². The van der Waals surface area contributed by atoms with Gasteiger partial charge < -0.3 is 15.5 Å². The Labute approximate surface area is 208 Å². The lowest BCUT2D eigenvalue weighted by Gasteiger charge is -2.29. The van der Waals surface area contributed by atoms with Gasteiger partial charge in [-0.3, -0.25) is 4.79 Å². The number of para-hydroxylation sites is 2. The highest BCUT2D eigenvalue weighted by molar-refractivity contribution is 8.01. The van der Waals surface area contributed by atoms with E-state index in [-0.39, 0.29) is 11.7 Å². The monoisotopic (exact) mass is 489 g/mol. The minimum atomic E-state index is -0.0786. The first-order chi connectivity index (χ1) is 16.5. The number of nitrogens with zero attached hydrogens (tertiary/aromatic N) is 3. The van der Waals surface area contributed by atoms with Crippen LogP contribution in [-0.2, 0) is 4.79 Å². The van der Waals surface area contributed by atoms with E-state index in [0.717, 1.165) is 32.7 Å². The van der Waals surface area contributed by atoms with Crippen LogP contribution in [0.5, 0.6) is 0 Å². The Kier molecular flexibility index (Phi) is 7.82. The zero-order chi connectivity index (χ0) is 23.9. The third-order valence-electron chi connectivity index (χ3n) is 5.10. The van der Waals surface area contributed by atoms with Gasteiger partial charge in [0.15, 0.2) is 4.34 Å². The molecule has 0 bridgehead atoms. The molecule has 1 heterocycles. The molecule has 0 radical (unpaired) electrons. The first-order valence-electron chi connectivity index (χ1n) is 11.0. The normalized spacial score (nSPS) is 10.8. The predicted octanol–water partition coefficient (Wildman–Crippen LogP) is 6.87. The van der Waals surface area contributed by atoms with Crippen molar-refractivity contribution >= 4 is 56.9 Å². The van der Waals surface area contributed by atoms with Gasteiger partial charge in [-0.25, -0.2) is 0 Å². The number of carbonyl (C=O) groups excluding carboxylic acids is 1. The number of benzene rings is 3. The summed E-state index contributed by atoms with van der Waals surface area (Å²) in [5, 5.41) is 15.3. The summed E-state index contributed by atoms with van der Waals surface area (Å²) in [6.07, 6.45) is 0. The first kappa shape index (κ1) is 23.8. The van der Waals surface area contributed by atoms with Crippen molar-refractivity contribution in [3.05, 3.63) is 84.4 Å². The van der Waals surface area contributed by atoms with Gasteiger partial charge in [0.05, 0.1) is 5.75 Å². The fourth-order valence-electron chi connectivity index (χ4n) is 3.51. The van der Waals surface area contributed by atoms with Crippen molar-refractivity contribution in [1.29, 1.82) is 0 Å². The van der Waals surface area contributed by atoms with Gasteiger partial charge in [-0.05, 0) is 68.8 Å². The van der Waals surface area contributed by atoms with Crippen LogP contribution in [0.2, 0.25) is 0 Å². The molecule has 0 fully saturated rings. The standard InChI is InChI=1S/C26H27N5OS2/c1-18(2)31(21-10-5-4-6-11-21)22-15-13-20(14-16-22)27-24(32)17-33-26-30-29-25(34-26)28-23-12-8-7-9-19(23)3/h4-16,18H,17H2,1-3H3,(H,27,32)(H,28,29). The van der Waals surface area contributed by atoms with E-state index in [1.807, 2.05) is 73.7 Å². The highest BCUT2D eigenvalue weighted by Crippen LogP contribution is 2.30. The van der Waals surface area contributed by atoms with Crippen molar-refractivity contribution in [2.24, 2.45) is 0 Å². The maximum Gasteiger partial charge on any atom is 0.234 e. The summed E-state index contributed by atoms with van der Waals surface area (Å²) in [4.78, 5) is 14.7. The van der Waals surface area contributed by atoms with E-state index in [9.17, 15) is 4.79 Å². The molecule has 0 saturated heterocycles. The van der Waals surface area contributed by atoms with Crippen LogP contribution in [-0.4, -0.2) is 27.9 Å². The molecule has 0 saturated carbocycles. The molecular weight excluding hydrogens is 462 g/mol. The number of aryl methyl sites for hydroxylation is 1. The Morgan fingerprint density at radius 3 is 2.32 bits per heavy atom. The molecule has 2 N–H and O–H groups in total. The highest BCUT2D eigenvalue weighted by atomic mass is 32.2. The lowest BCUT2D eigenvalue weighted by molar-refractivity contribution is -0.113. The van der Waals surface area contributed by atoms with Gasteiger partial charge in [-0.2, -0.15) is 0 Å². The van der Waals surface area contributed by atoms with Crippen LogP contribution in [0, 0.1) is 6.92 Å². The van der Waals surface area contributed by atoms with Crippen LogP contribution >= 0.6 is 23.1 Å². The maximum absolute atomic E-state index is 12.5. The molecule has 0 aliphatic carbocycles. The average molecular weight is 490 g/mol. The Balaban J connectivity index is 1.31. The number of nitrogens with one attached hydrogen (secondary N) is 2. The molecule has 0 spiro atoms. The fourth-order valence-corrected chi connectivity index (χ4v) is 5.07. The molecular formula is C26H27N5OS2. The smallest absolute Gasteiger partial charge is 0.234 e. The van der Waals surface area contributed by atoms with Crippen molar-refractivity contribution in [3.8, 4) is 0 Å². The van der Waals surface area contributed by atoms with E-state index < -0.39 is 0 Å². The molecule has 8 heteroatoms. The van der Waals surface area contributed by atoms with Crippen LogP contribution in [0.1, 0.15) is 19.4 Å². The Morgan fingerprint density at radius 2 is 1.62 bits per heavy atom. The van der Waals surface area contributed by atoms with Gasteiger partial charge in [0, 0.05) is 28.8 Å². The van der Waals surface area contributed by atoms with E-state index in [2.05, 4.69) is 51.7 Å². The molecule has 6 nitrogen and oxygen atoms in total. The number of thioether (sulfide) groups is 1. The highest BCUT2D eigenvalue weighted by Gasteiger charge is 2.13. The van der Waals surface area contributed by atoms with Gasteiger partial charge in [-0.1, -0.05) is 59.5 Å². The molecule has 174 valence electrons. The molecule has 3 aromatic carbocycles. The molecule has 0 unspecified atom stereocenters. The van der Waals surface area contributed by atoms with E-state index in [1.54, 1.807) is 0 Å². The van der Waals surface area contributed by atoms with Crippen LogP contribution in [0.4, 0.5) is 27.9 Å². The third kappa shape index (κ3) is 6.15. The first-order valence-corrected chi connectivity index (χ1v) is 12.8. The second-order valence-electron chi connectivity index (χ2n) is 8.00. The van der Waals surface area contributed by atoms with Crippen LogP contribution < -0.4 is 15.5 Å². The van der Waals surface area contributed by atoms with Crippen molar-refractivity contribution in [2.75, 3.05) is 21.3 Å². The van der Waals surface area contributed by atoms with Gasteiger partial charge >= 0.3 is 0 Å². The van der Waals surface area contributed by atoms with Crippen LogP contribution in [0.3, 0.4) is 0 Å². The van der Waals surface area contributed by atoms with Gasteiger partial charge in [0.1, 0.15) is 0 Å². The van der Waals surface area contributed by atoms with Gasteiger partial charge in [-0.15, -0.1) is 10.2 Å². The lowest BCUT2D eigenvalue weighted by Crippen LogP contribution is -2.25. The van der Waals surface area contributed by atoms with E-state index >= 15 is 0 Å². The SMILES string of the molecule is Cc1ccccc1Nc1nnc(SCC(=O)Nc2ccc(N(c3ccccc3)C(C)C)cc2)s1. The molecule has 0 atom stereocenters. The number of hydrogen-bond donors (Lipinski definition) is 2. The zero-order valence-electron chi connectivity index (χ0n) is 19.4. The third-order valence-corrected chi connectivity index (χ3v) is 7.07. The van der Waals surface area contributed by atoms with Crippen molar-refractivity contribution in [2.45, 2.75) is 31.2 Å². The van der Waals surface area contributed by atoms with Crippen LogP contribution in [0.15, 0.2) is 83.2 Å². The number of aromatic nitrogens is 2. The average Bonchev–Trinajstić information content (AvgIpc) is 3.28. The summed E-state index contributed by atoms with van der Waals surface area (Å²) in [6.45, 7) is 6.36. The Hall–Kier alpha value is -3.36. The molecule has 1 aromatic heterocycles. The minimum Gasteiger partial charge on any atom is -0.339 e. The predicted molar refractivity (Wildman–Crippen MR) is 144 cm³/mol. The molecule has 0 aliphatic rings. The summed E-state index contributed by atoms with van der Waals surface area (Å²) in [7, 11) is 0. The fraction of sp³-hybridized carbons (Fsp3) is 0.192. The quantitative estimate of drug-likeness (QED) is 0.250. The summed E-state index contributed by atoms with van der Waals surface area (Å²) in [6, 6.07) is 26.5. The lowest BCUT2D eigenvalue weighted by atomic mass is 10.2. The molecule has 34 heavy (non-hydrogen) atoms. The van der Waals surface area contributed by atoms with E-state index in [0.29, 0.717) is 11.2 Å². The molecule has 0 aliphatic heterocycles. The molecule has 4 aromatic rings. The Morgan fingerprint density at radius 1 is 0.941 bits per heavy atom. The number of amides is 1. The molecule has 1 amide bonds. The summed E-state index contributed by atoms with van der Waals surface area (Å²) < 4.78 is 0.747. The second-order valence-corrected chi connectivity index (χ2v) is 10.2. The van der Waals surface area contributed by atoms with Crippen molar-refractivity contribution in [3.63, 3.8) is 0 Å². The van der Waals surface area contributed by atoms with Gasteiger partial charge in [0.2, 0.25) is 11.0 Å². The van der Waals surface area contributed by atoms with E-state index in [4.69, 9.17) is 0 Å². The maximum atomic E-state index is 12.5. The summed E-state index contributed by atoms with van der Waals surface area (Å²) in [5.74, 6) is 0.188. The largest absolute Gasteiger partial charge is 0.339 e. The zero-order valence-corrected chi connectivity index (χ0v) is 21.0. The Bertz CT molecular complexity index is 1230. The van der Waals surface area contributed by atoms with E-state index in [1.165, 1.54) is 23.1 Å². The number of rotatable bonds is 9. The van der Waals surface area contributed by atoms with Crippen molar-refractivity contribution in [1.82, 2.24) is 10.2 Å². The second kappa shape index (κ2) is 11.2. The number of hydrogen-bond acceptors (Lipinski definition) is 7. The summed E-state index contributed by atoms with van der Waals surface area (Å²) >= 11 is 2.81. The van der Waals surface area contributed by atoms with Gasteiger partial charge in [0.25, 0.3) is 0 Å². The number of anilines is 5. The molecule has 4 rings (SSSR count). The summed E-state index contributed by atoms with van der Waals surface area (Å²) in [5.41, 5.74) is 5.12. The van der Waals surface area contributed by atoms with Crippen LogP contribution in [0.25, 0.3) is 0 Å². The minimum absolute atomic E-state index is 0.0786. The number of carbonyl (C=O) groups is 1.